The Morgan fingerprint density at radius 2 is 1.90 bits per heavy atom. The topological polar surface area (TPSA) is 98.2 Å². The summed E-state index contributed by atoms with van der Waals surface area (Å²) in [6.07, 6.45) is 3.29. The van der Waals surface area contributed by atoms with Crippen LogP contribution >= 0.6 is 0 Å². The first kappa shape index (κ1) is 20.2. The number of amides is 1. The number of methoxy groups -OCH3 is 1. The van der Waals surface area contributed by atoms with Gasteiger partial charge in [0.25, 0.3) is 0 Å². The zero-order valence-electron chi connectivity index (χ0n) is 17.2. The van der Waals surface area contributed by atoms with E-state index in [4.69, 9.17) is 9.47 Å². The highest BCUT2D eigenvalue weighted by Gasteiger charge is 2.20. The average molecular weight is 418 g/mol. The summed E-state index contributed by atoms with van der Waals surface area (Å²) >= 11 is 0. The number of carbonyl (C=O) groups excluding carboxylic acids is 2. The van der Waals surface area contributed by atoms with E-state index in [0.717, 1.165) is 16.5 Å². The molecule has 158 valence electrons. The van der Waals surface area contributed by atoms with Crippen molar-refractivity contribution >= 4 is 28.8 Å². The fourth-order valence-electron chi connectivity index (χ4n) is 3.61. The van der Waals surface area contributed by atoms with Gasteiger partial charge in [0.15, 0.2) is 0 Å². The van der Waals surface area contributed by atoms with E-state index in [1.807, 2.05) is 48.0 Å². The molecular formula is C23H22N4O4. The summed E-state index contributed by atoms with van der Waals surface area (Å²) in [4.78, 5) is 31.6. The van der Waals surface area contributed by atoms with Gasteiger partial charge in [-0.05, 0) is 24.6 Å². The maximum Gasteiger partial charge on any atom is 0.418 e. The smallest absolute Gasteiger partial charge is 0.418 e. The fraction of sp³-hybridized carbons (Fsp3) is 0.174. The number of aromatic nitrogens is 3. The van der Waals surface area contributed by atoms with Crippen LogP contribution in [0.4, 0.5) is 10.6 Å². The van der Waals surface area contributed by atoms with E-state index in [1.165, 1.54) is 7.11 Å². The van der Waals surface area contributed by atoms with Crippen molar-refractivity contribution in [1.82, 2.24) is 14.5 Å². The van der Waals surface area contributed by atoms with Crippen LogP contribution in [0.2, 0.25) is 0 Å². The third-order valence-corrected chi connectivity index (χ3v) is 5.10. The molecule has 4 rings (SSSR count). The molecule has 8 nitrogen and oxygen atoms in total. The Hall–Kier alpha value is -4.07. The normalized spacial score (nSPS) is 10.8. The molecule has 0 bridgehead atoms. The number of H-pyrrole nitrogens is 1. The van der Waals surface area contributed by atoms with E-state index in [9.17, 15) is 9.59 Å². The second-order valence-electron chi connectivity index (χ2n) is 6.94. The van der Waals surface area contributed by atoms with Crippen molar-refractivity contribution in [2.24, 2.45) is 7.05 Å². The number of carbonyl (C=O) groups is 2. The van der Waals surface area contributed by atoms with Gasteiger partial charge >= 0.3 is 12.1 Å². The minimum absolute atomic E-state index is 0.205. The molecule has 1 amide bonds. The molecule has 0 unspecified atom stereocenters. The lowest BCUT2D eigenvalue weighted by atomic mass is 10.1. The van der Waals surface area contributed by atoms with Crippen LogP contribution in [0, 0.1) is 0 Å². The Balaban J connectivity index is 1.62. The molecule has 0 fully saturated rings. The van der Waals surface area contributed by atoms with E-state index in [0.29, 0.717) is 29.2 Å². The number of esters is 1. The monoisotopic (exact) mass is 418 g/mol. The Bertz CT molecular complexity index is 1230. The van der Waals surface area contributed by atoms with Crippen LogP contribution in [0.1, 0.15) is 12.0 Å². The van der Waals surface area contributed by atoms with Gasteiger partial charge in [-0.3, -0.25) is 10.1 Å². The summed E-state index contributed by atoms with van der Waals surface area (Å²) < 4.78 is 12.3. The van der Waals surface area contributed by atoms with Crippen LogP contribution in [0.3, 0.4) is 0 Å². The average Bonchev–Trinajstić information content (AvgIpc) is 3.41. The molecule has 2 aromatic carbocycles. The molecule has 0 aliphatic carbocycles. The lowest BCUT2D eigenvalue weighted by Crippen LogP contribution is -2.20. The van der Waals surface area contributed by atoms with E-state index >= 15 is 0 Å². The second kappa shape index (κ2) is 8.74. The zero-order valence-corrected chi connectivity index (χ0v) is 17.2. The van der Waals surface area contributed by atoms with Crippen LogP contribution in [0.25, 0.3) is 22.2 Å². The Morgan fingerprint density at radius 3 is 2.68 bits per heavy atom. The predicted octanol–water partition coefficient (Wildman–Crippen LogP) is 4.28. The highest BCUT2D eigenvalue weighted by Crippen LogP contribution is 2.32. The van der Waals surface area contributed by atoms with Crippen molar-refractivity contribution in [3.05, 3.63) is 66.6 Å². The molecule has 2 heterocycles. The maximum absolute atomic E-state index is 12.8. The van der Waals surface area contributed by atoms with E-state index in [2.05, 4.69) is 15.3 Å². The van der Waals surface area contributed by atoms with Gasteiger partial charge in [0, 0.05) is 41.7 Å². The van der Waals surface area contributed by atoms with Gasteiger partial charge in [-0.1, -0.05) is 30.3 Å². The summed E-state index contributed by atoms with van der Waals surface area (Å²) in [5.41, 5.74) is 3.16. The fourth-order valence-corrected chi connectivity index (χ4v) is 3.61. The molecule has 0 saturated carbocycles. The molecule has 0 aliphatic rings. The van der Waals surface area contributed by atoms with Crippen LogP contribution in [-0.2, 0) is 23.0 Å². The molecule has 0 radical (unpaired) electrons. The van der Waals surface area contributed by atoms with Crippen molar-refractivity contribution in [1.29, 1.82) is 0 Å². The molecule has 31 heavy (non-hydrogen) atoms. The van der Waals surface area contributed by atoms with Crippen molar-refractivity contribution < 1.29 is 19.1 Å². The van der Waals surface area contributed by atoms with Gasteiger partial charge in [-0.15, -0.1) is 0 Å². The van der Waals surface area contributed by atoms with Crippen molar-refractivity contribution in [2.45, 2.75) is 12.8 Å². The van der Waals surface area contributed by atoms with Crippen molar-refractivity contribution in [3.8, 4) is 17.0 Å². The largest absolute Gasteiger partial charge is 0.469 e. The molecular weight excluding hydrogens is 396 g/mol. The Kier molecular flexibility index (Phi) is 5.70. The SMILES string of the molecule is COC(=O)CCc1c(NC(=O)Oc2ccccc2-c2c[nH]cn2)n(C)c2ccccc12. The van der Waals surface area contributed by atoms with Crippen molar-refractivity contribution in [2.75, 3.05) is 12.4 Å². The molecule has 2 aromatic heterocycles. The molecule has 8 heteroatoms. The number of hydrogen-bond acceptors (Lipinski definition) is 5. The lowest BCUT2D eigenvalue weighted by molar-refractivity contribution is -0.140. The number of aromatic amines is 1. The van der Waals surface area contributed by atoms with Gasteiger partial charge in [0.1, 0.15) is 11.6 Å². The standard InChI is InChI=1S/C23H22N4O4/c1-27-19-9-5-3-7-15(19)16(11-12-21(28)30-2)22(27)26-23(29)31-20-10-6-4-8-17(20)18-13-24-14-25-18/h3-10,13-14H,11-12H2,1-2H3,(H,24,25)(H,26,29). The number of hydrogen-bond donors (Lipinski definition) is 2. The number of rotatable bonds is 6. The number of nitrogens with one attached hydrogen (secondary N) is 2. The molecule has 0 saturated heterocycles. The first-order chi connectivity index (χ1) is 15.1. The molecule has 2 N–H and O–H groups in total. The van der Waals surface area contributed by atoms with Crippen LogP contribution in [0.15, 0.2) is 61.1 Å². The molecule has 4 aromatic rings. The summed E-state index contributed by atoms with van der Waals surface area (Å²) in [6, 6.07) is 15.0. The zero-order chi connectivity index (χ0) is 21.8. The maximum atomic E-state index is 12.8. The van der Waals surface area contributed by atoms with E-state index in [-0.39, 0.29) is 12.4 Å². The van der Waals surface area contributed by atoms with E-state index < -0.39 is 6.09 Å². The first-order valence-electron chi connectivity index (χ1n) is 9.78. The summed E-state index contributed by atoms with van der Waals surface area (Å²) in [7, 11) is 3.22. The van der Waals surface area contributed by atoms with Gasteiger partial charge in [-0.2, -0.15) is 0 Å². The van der Waals surface area contributed by atoms with Gasteiger partial charge in [-0.25, -0.2) is 9.78 Å². The number of aryl methyl sites for hydroxylation is 2. The Morgan fingerprint density at radius 1 is 1.13 bits per heavy atom. The second-order valence-corrected chi connectivity index (χ2v) is 6.94. The first-order valence-corrected chi connectivity index (χ1v) is 9.78. The number of benzene rings is 2. The van der Waals surface area contributed by atoms with Crippen LogP contribution < -0.4 is 10.1 Å². The van der Waals surface area contributed by atoms with Gasteiger partial charge in [0.05, 0.1) is 19.1 Å². The van der Waals surface area contributed by atoms with E-state index in [1.54, 1.807) is 24.7 Å². The highest BCUT2D eigenvalue weighted by atomic mass is 16.6. The molecule has 0 spiro atoms. The Labute approximate surface area is 178 Å². The minimum Gasteiger partial charge on any atom is -0.469 e. The number of ether oxygens (including phenoxy) is 2. The minimum atomic E-state index is -0.631. The third kappa shape index (κ3) is 4.13. The number of anilines is 1. The molecule has 0 aliphatic heterocycles. The van der Waals surface area contributed by atoms with Crippen LogP contribution in [0.5, 0.6) is 5.75 Å². The summed E-state index contributed by atoms with van der Waals surface area (Å²) in [6.45, 7) is 0. The van der Waals surface area contributed by atoms with Crippen molar-refractivity contribution in [3.63, 3.8) is 0 Å². The number of para-hydroxylation sites is 2. The highest BCUT2D eigenvalue weighted by molar-refractivity contribution is 5.96. The van der Waals surface area contributed by atoms with Crippen LogP contribution in [-0.4, -0.2) is 33.7 Å². The number of nitrogens with zero attached hydrogens (tertiary/aromatic N) is 2. The molecule has 0 atom stereocenters. The summed E-state index contributed by atoms with van der Waals surface area (Å²) in [5.74, 6) is 0.656. The number of fused-ring (bicyclic) bond motifs is 1. The lowest BCUT2D eigenvalue weighted by Gasteiger charge is -2.12. The summed E-state index contributed by atoms with van der Waals surface area (Å²) in [5, 5.41) is 3.81. The third-order valence-electron chi connectivity index (χ3n) is 5.10. The quantitative estimate of drug-likeness (QED) is 0.455. The number of imidazole rings is 1. The van der Waals surface area contributed by atoms with Gasteiger partial charge in [0.2, 0.25) is 0 Å². The van der Waals surface area contributed by atoms with Gasteiger partial charge < -0.3 is 19.0 Å². The predicted molar refractivity (Wildman–Crippen MR) is 117 cm³/mol.